The number of nitro benzene ring substituents is 1. The van der Waals surface area contributed by atoms with Crippen LogP contribution < -0.4 is 20.1 Å². The van der Waals surface area contributed by atoms with Crippen LogP contribution in [0.1, 0.15) is 12.5 Å². The first-order valence-corrected chi connectivity index (χ1v) is 8.51. The van der Waals surface area contributed by atoms with Crippen molar-refractivity contribution < 1.29 is 14.4 Å². The zero-order chi connectivity index (χ0) is 19.6. The smallest absolute Gasteiger partial charge is 0.269 e. The topological polar surface area (TPSA) is 98.0 Å². The Labute approximate surface area is 158 Å². The van der Waals surface area contributed by atoms with Gasteiger partial charge in [-0.25, -0.2) is 0 Å². The predicted octanol–water partition coefficient (Wildman–Crippen LogP) is 2.74. The van der Waals surface area contributed by atoms with Gasteiger partial charge in [-0.1, -0.05) is 24.3 Å². The average Bonchev–Trinajstić information content (AvgIpc) is 2.68. The molecule has 1 atom stereocenters. The minimum absolute atomic E-state index is 0.0728. The summed E-state index contributed by atoms with van der Waals surface area (Å²) >= 11 is 0. The molecule has 0 saturated carbocycles. The SMILES string of the molecule is CN=C(NCc1ccc([N+](=O)[O-])cc1)NCC(C)Oc1ccccc1OC. The summed E-state index contributed by atoms with van der Waals surface area (Å²) < 4.78 is 11.2. The van der Waals surface area contributed by atoms with Crippen LogP contribution in [0.15, 0.2) is 53.5 Å². The molecule has 144 valence electrons. The van der Waals surface area contributed by atoms with E-state index in [0.29, 0.717) is 30.5 Å². The number of hydrogen-bond acceptors (Lipinski definition) is 5. The number of para-hydroxylation sites is 2. The second-order valence-electron chi connectivity index (χ2n) is 5.81. The Morgan fingerprint density at radius 3 is 2.41 bits per heavy atom. The van der Waals surface area contributed by atoms with E-state index in [0.717, 1.165) is 5.56 Å². The fourth-order valence-corrected chi connectivity index (χ4v) is 2.36. The van der Waals surface area contributed by atoms with Crippen LogP contribution in [-0.4, -0.2) is 37.7 Å². The van der Waals surface area contributed by atoms with Crippen molar-refractivity contribution in [2.24, 2.45) is 4.99 Å². The van der Waals surface area contributed by atoms with Gasteiger partial charge in [0.2, 0.25) is 0 Å². The van der Waals surface area contributed by atoms with Gasteiger partial charge < -0.3 is 20.1 Å². The molecular formula is C19H24N4O4. The summed E-state index contributed by atoms with van der Waals surface area (Å²) in [6, 6.07) is 13.9. The van der Waals surface area contributed by atoms with E-state index in [4.69, 9.17) is 9.47 Å². The zero-order valence-corrected chi connectivity index (χ0v) is 15.6. The van der Waals surface area contributed by atoms with E-state index < -0.39 is 4.92 Å². The maximum Gasteiger partial charge on any atom is 0.269 e. The molecule has 2 aromatic carbocycles. The van der Waals surface area contributed by atoms with E-state index in [1.165, 1.54) is 12.1 Å². The number of ether oxygens (including phenoxy) is 2. The van der Waals surface area contributed by atoms with Crippen molar-refractivity contribution >= 4 is 11.6 Å². The van der Waals surface area contributed by atoms with Crippen LogP contribution in [0.2, 0.25) is 0 Å². The number of aliphatic imine (C=N–C) groups is 1. The van der Waals surface area contributed by atoms with Crippen molar-refractivity contribution in [3.63, 3.8) is 0 Å². The standard InChI is InChI=1S/C19H24N4O4/c1-14(27-18-7-5-4-6-17(18)26-3)12-21-19(20-2)22-13-15-8-10-16(11-9-15)23(24)25/h4-11,14H,12-13H2,1-3H3,(H2,20,21,22). The van der Waals surface area contributed by atoms with Crippen molar-refractivity contribution in [2.45, 2.75) is 19.6 Å². The lowest BCUT2D eigenvalue weighted by Crippen LogP contribution is -2.41. The predicted molar refractivity (Wildman–Crippen MR) is 104 cm³/mol. The number of non-ortho nitro benzene ring substituents is 1. The van der Waals surface area contributed by atoms with E-state index >= 15 is 0 Å². The maximum absolute atomic E-state index is 10.7. The van der Waals surface area contributed by atoms with E-state index in [1.54, 1.807) is 26.3 Å². The lowest BCUT2D eigenvalue weighted by atomic mass is 10.2. The number of rotatable bonds is 8. The van der Waals surface area contributed by atoms with E-state index in [-0.39, 0.29) is 11.8 Å². The minimum Gasteiger partial charge on any atom is -0.493 e. The summed E-state index contributed by atoms with van der Waals surface area (Å²) in [6.45, 7) is 2.99. The molecule has 0 bridgehead atoms. The Morgan fingerprint density at radius 1 is 1.15 bits per heavy atom. The second-order valence-corrected chi connectivity index (χ2v) is 5.81. The van der Waals surface area contributed by atoms with Crippen LogP contribution >= 0.6 is 0 Å². The maximum atomic E-state index is 10.7. The lowest BCUT2D eigenvalue weighted by molar-refractivity contribution is -0.384. The van der Waals surface area contributed by atoms with E-state index in [2.05, 4.69) is 15.6 Å². The van der Waals surface area contributed by atoms with Crippen molar-refractivity contribution in [1.29, 1.82) is 0 Å². The van der Waals surface area contributed by atoms with Gasteiger partial charge in [-0.15, -0.1) is 0 Å². The van der Waals surface area contributed by atoms with Crippen LogP contribution in [0.5, 0.6) is 11.5 Å². The van der Waals surface area contributed by atoms with Crippen LogP contribution in [0, 0.1) is 10.1 Å². The number of methoxy groups -OCH3 is 1. The molecule has 0 amide bonds. The molecule has 0 spiro atoms. The van der Waals surface area contributed by atoms with Crippen LogP contribution in [0.3, 0.4) is 0 Å². The van der Waals surface area contributed by atoms with Gasteiger partial charge in [0.25, 0.3) is 5.69 Å². The van der Waals surface area contributed by atoms with E-state index in [9.17, 15) is 10.1 Å². The molecule has 0 heterocycles. The van der Waals surface area contributed by atoms with Gasteiger partial charge in [0.05, 0.1) is 18.6 Å². The molecule has 8 nitrogen and oxygen atoms in total. The highest BCUT2D eigenvalue weighted by Gasteiger charge is 2.09. The Kier molecular flexibility index (Phi) is 7.42. The first-order valence-electron chi connectivity index (χ1n) is 8.51. The third-order valence-electron chi connectivity index (χ3n) is 3.78. The van der Waals surface area contributed by atoms with Crippen molar-refractivity contribution in [2.75, 3.05) is 20.7 Å². The summed E-state index contributed by atoms with van der Waals surface area (Å²) in [4.78, 5) is 14.4. The largest absolute Gasteiger partial charge is 0.493 e. The molecule has 0 saturated heterocycles. The summed E-state index contributed by atoms with van der Waals surface area (Å²) in [7, 11) is 3.28. The number of nitrogens with zero attached hydrogens (tertiary/aromatic N) is 2. The zero-order valence-electron chi connectivity index (χ0n) is 15.6. The Balaban J connectivity index is 1.81. The van der Waals surface area contributed by atoms with Gasteiger partial charge in [0.15, 0.2) is 17.5 Å². The molecule has 0 radical (unpaired) electrons. The van der Waals surface area contributed by atoms with Gasteiger partial charge in [-0.3, -0.25) is 15.1 Å². The molecule has 0 aliphatic rings. The first-order chi connectivity index (χ1) is 13.0. The Hall–Kier alpha value is -3.29. The highest BCUT2D eigenvalue weighted by atomic mass is 16.6. The molecule has 0 aromatic heterocycles. The van der Waals surface area contributed by atoms with Gasteiger partial charge in [-0.2, -0.15) is 0 Å². The number of benzene rings is 2. The molecule has 8 heteroatoms. The molecule has 2 N–H and O–H groups in total. The highest BCUT2D eigenvalue weighted by molar-refractivity contribution is 5.79. The van der Waals surface area contributed by atoms with Gasteiger partial charge >= 0.3 is 0 Å². The van der Waals surface area contributed by atoms with Crippen molar-refractivity contribution in [3.05, 3.63) is 64.2 Å². The molecule has 0 fully saturated rings. The number of hydrogen-bond donors (Lipinski definition) is 2. The normalized spacial score (nSPS) is 12.2. The lowest BCUT2D eigenvalue weighted by Gasteiger charge is -2.19. The number of guanidine groups is 1. The second kappa shape index (κ2) is 10.0. The first kappa shape index (κ1) is 20.0. The van der Waals surface area contributed by atoms with Gasteiger partial charge in [0.1, 0.15) is 6.10 Å². The van der Waals surface area contributed by atoms with Gasteiger partial charge in [-0.05, 0) is 24.6 Å². The van der Waals surface area contributed by atoms with Gasteiger partial charge in [0, 0.05) is 25.7 Å². The summed E-state index contributed by atoms with van der Waals surface area (Å²) in [5.74, 6) is 1.98. The van der Waals surface area contributed by atoms with Crippen LogP contribution in [0.25, 0.3) is 0 Å². The van der Waals surface area contributed by atoms with Crippen LogP contribution in [0.4, 0.5) is 5.69 Å². The fourth-order valence-electron chi connectivity index (χ4n) is 2.36. The quantitative estimate of drug-likeness (QED) is 0.320. The fraction of sp³-hybridized carbons (Fsp3) is 0.316. The monoisotopic (exact) mass is 372 g/mol. The molecular weight excluding hydrogens is 348 g/mol. The van der Waals surface area contributed by atoms with Crippen molar-refractivity contribution in [3.8, 4) is 11.5 Å². The van der Waals surface area contributed by atoms with Crippen molar-refractivity contribution in [1.82, 2.24) is 10.6 Å². The summed E-state index contributed by atoms with van der Waals surface area (Å²) in [5, 5.41) is 17.0. The molecule has 0 aliphatic heterocycles. The molecule has 2 rings (SSSR count). The Morgan fingerprint density at radius 2 is 1.81 bits per heavy atom. The molecule has 1 unspecified atom stereocenters. The van der Waals surface area contributed by atoms with Crippen LogP contribution in [-0.2, 0) is 6.54 Å². The third kappa shape index (κ3) is 6.18. The summed E-state index contributed by atoms with van der Waals surface area (Å²) in [5.41, 5.74) is 0.991. The Bertz CT molecular complexity index is 778. The molecule has 27 heavy (non-hydrogen) atoms. The van der Waals surface area contributed by atoms with E-state index in [1.807, 2.05) is 31.2 Å². The minimum atomic E-state index is -0.416. The number of nitro groups is 1. The average molecular weight is 372 g/mol. The molecule has 2 aromatic rings. The third-order valence-corrected chi connectivity index (χ3v) is 3.78. The number of nitrogens with one attached hydrogen (secondary N) is 2. The highest BCUT2D eigenvalue weighted by Crippen LogP contribution is 2.26. The molecule has 0 aliphatic carbocycles. The summed E-state index contributed by atoms with van der Waals surface area (Å²) in [6.07, 6.45) is -0.112.